The van der Waals surface area contributed by atoms with Gasteiger partial charge in [0.15, 0.2) is 0 Å². The maximum absolute atomic E-state index is 13.7. The number of hydrogen-bond acceptors (Lipinski definition) is 6. The average Bonchev–Trinajstić information content (AvgIpc) is 3.06. The normalized spacial score (nSPS) is 11.1. The molecule has 0 N–H and O–H groups in total. The lowest BCUT2D eigenvalue weighted by Gasteiger charge is -2.14. The van der Waals surface area contributed by atoms with E-state index in [1.165, 1.54) is 36.4 Å². The van der Waals surface area contributed by atoms with Crippen LogP contribution in [0.3, 0.4) is 0 Å². The number of hydrogen-bond donors (Lipinski definition) is 0. The van der Waals surface area contributed by atoms with Gasteiger partial charge in [0.25, 0.3) is 5.69 Å². The Balaban J connectivity index is 1.66. The van der Waals surface area contributed by atoms with Gasteiger partial charge in [-0.1, -0.05) is 6.07 Å². The topological polar surface area (TPSA) is 85.3 Å². The van der Waals surface area contributed by atoms with Crippen LogP contribution >= 0.6 is 0 Å². The Hall–Kier alpha value is -3.20. The first kappa shape index (κ1) is 17.6. The molecular weight excluding hydrogens is 346 g/mol. The van der Waals surface area contributed by atoms with Crippen molar-refractivity contribution in [3.8, 4) is 11.5 Å². The lowest BCUT2D eigenvalue weighted by Crippen LogP contribution is -2.18. The standard InChI is InChI=1S/C17H14F2N4O3/c1-22(9-12-2-5-13(18)8-15(12)19)10-16-20-21-17(26-16)11-3-6-14(7-4-11)23(24)25/h2-8H,9-10H2,1H3. The SMILES string of the molecule is CN(Cc1nnc(-c2ccc([N+](=O)[O-])cc2)o1)Cc1ccc(F)cc1F. The maximum Gasteiger partial charge on any atom is 0.269 e. The van der Waals surface area contributed by atoms with E-state index in [-0.39, 0.29) is 24.7 Å². The third-order valence-electron chi connectivity index (χ3n) is 3.65. The largest absolute Gasteiger partial charge is 0.419 e. The minimum Gasteiger partial charge on any atom is -0.419 e. The number of benzene rings is 2. The number of aromatic nitrogens is 2. The van der Waals surface area contributed by atoms with E-state index in [0.29, 0.717) is 17.0 Å². The van der Waals surface area contributed by atoms with E-state index in [0.717, 1.165) is 6.07 Å². The zero-order valence-corrected chi connectivity index (χ0v) is 13.7. The summed E-state index contributed by atoms with van der Waals surface area (Å²) >= 11 is 0. The van der Waals surface area contributed by atoms with Crippen molar-refractivity contribution >= 4 is 5.69 Å². The summed E-state index contributed by atoms with van der Waals surface area (Å²) in [5.41, 5.74) is 0.875. The summed E-state index contributed by atoms with van der Waals surface area (Å²) in [7, 11) is 1.73. The molecule has 3 aromatic rings. The first-order chi connectivity index (χ1) is 12.4. The van der Waals surface area contributed by atoms with Gasteiger partial charge in [-0.05, 0) is 25.2 Å². The molecule has 3 rings (SSSR count). The molecule has 9 heteroatoms. The molecule has 0 spiro atoms. The van der Waals surface area contributed by atoms with Crippen LogP contribution < -0.4 is 0 Å². The fourth-order valence-corrected chi connectivity index (χ4v) is 2.39. The van der Waals surface area contributed by atoms with Gasteiger partial charge < -0.3 is 4.42 Å². The Bertz CT molecular complexity index is 928. The summed E-state index contributed by atoms with van der Waals surface area (Å²) < 4.78 is 32.2. The van der Waals surface area contributed by atoms with E-state index < -0.39 is 16.6 Å². The van der Waals surface area contributed by atoms with Crippen LogP contribution in [0, 0.1) is 21.7 Å². The number of nitrogens with zero attached hydrogens (tertiary/aromatic N) is 4. The highest BCUT2D eigenvalue weighted by Gasteiger charge is 2.14. The van der Waals surface area contributed by atoms with Gasteiger partial charge in [0.1, 0.15) is 11.6 Å². The van der Waals surface area contributed by atoms with Crippen molar-refractivity contribution in [3.05, 3.63) is 75.7 Å². The van der Waals surface area contributed by atoms with Gasteiger partial charge in [-0.15, -0.1) is 10.2 Å². The second kappa shape index (κ2) is 7.36. The Labute approximate surface area is 147 Å². The molecule has 0 saturated heterocycles. The third-order valence-corrected chi connectivity index (χ3v) is 3.65. The number of nitro groups is 1. The lowest BCUT2D eigenvalue weighted by molar-refractivity contribution is -0.384. The molecule has 0 aliphatic heterocycles. The molecule has 0 saturated carbocycles. The summed E-state index contributed by atoms with van der Waals surface area (Å²) in [4.78, 5) is 11.9. The van der Waals surface area contributed by atoms with Gasteiger partial charge in [-0.25, -0.2) is 8.78 Å². The molecule has 0 unspecified atom stereocenters. The first-order valence-corrected chi connectivity index (χ1v) is 7.62. The second-order valence-corrected chi connectivity index (χ2v) is 5.71. The molecule has 7 nitrogen and oxygen atoms in total. The fraction of sp³-hybridized carbons (Fsp3) is 0.176. The summed E-state index contributed by atoms with van der Waals surface area (Å²) in [5, 5.41) is 18.5. The minimum absolute atomic E-state index is 0.0328. The maximum atomic E-state index is 13.7. The van der Waals surface area contributed by atoms with Crippen LogP contribution in [0.2, 0.25) is 0 Å². The molecular formula is C17H14F2N4O3. The minimum atomic E-state index is -0.626. The van der Waals surface area contributed by atoms with Crippen LogP contribution in [0.25, 0.3) is 11.5 Å². The number of non-ortho nitro benzene ring substituents is 1. The van der Waals surface area contributed by atoms with E-state index in [2.05, 4.69) is 10.2 Å². The highest BCUT2D eigenvalue weighted by atomic mass is 19.1. The van der Waals surface area contributed by atoms with Crippen molar-refractivity contribution in [2.45, 2.75) is 13.1 Å². The second-order valence-electron chi connectivity index (χ2n) is 5.71. The Morgan fingerprint density at radius 1 is 1.12 bits per heavy atom. The molecule has 0 radical (unpaired) electrons. The predicted octanol–water partition coefficient (Wildman–Crippen LogP) is 3.56. The summed E-state index contributed by atoms with van der Waals surface area (Å²) in [6.45, 7) is 0.498. The molecule has 0 bridgehead atoms. The summed E-state index contributed by atoms with van der Waals surface area (Å²) in [6.07, 6.45) is 0. The predicted molar refractivity (Wildman–Crippen MR) is 87.9 cm³/mol. The lowest BCUT2D eigenvalue weighted by atomic mass is 10.2. The van der Waals surface area contributed by atoms with Crippen LogP contribution in [-0.4, -0.2) is 27.1 Å². The zero-order valence-electron chi connectivity index (χ0n) is 13.7. The van der Waals surface area contributed by atoms with Crippen molar-refractivity contribution in [2.75, 3.05) is 7.05 Å². The molecule has 2 aromatic carbocycles. The molecule has 26 heavy (non-hydrogen) atoms. The van der Waals surface area contributed by atoms with Gasteiger partial charge >= 0.3 is 0 Å². The first-order valence-electron chi connectivity index (χ1n) is 7.62. The number of halogens is 2. The molecule has 0 aliphatic carbocycles. The van der Waals surface area contributed by atoms with Gasteiger partial charge in [0.2, 0.25) is 11.8 Å². The molecule has 0 amide bonds. The van der Waals surface area contributed by atoms with Gasteiger partial charge in [-0.3, -0.25) is 15.0 Å². The van der Waals surface area contributed by atoms with Gasteiger partial charge in [-0.2, -0.15) is 0 Å². The molecule has 0 fully saturated rings. The van der Waals surface area contributed by atoms with Crippen molar-refractivity contribution in [2.24, 2.45) is 0 Å². The van der Waals surface area contributed by atoms with E-state index in [9.17, 15) is 18.9 Å². The smallest absolute Gasteiger partial charge is 0.269 e. The van der Waals surface area contributed by atoms with Crippen LogP contribution in [0.5, 0.6) is 0 Å². The van der Waals surface area contributed by atoms with E-state index in [4.69, 9.17) is 4.42 Å². The third kappa shape index (κ3) is 4.06. The van der Waals surface area contributed by atoms with Crippen LogP contribution in [0.4, 0.5) is 14.5 Å². The van der Waals surface area contributed by atoms with Gasteiger partial charge in [0.05, 0.1) is 11.5 Å². The molecule has 134 valence electrons. The molecule has 1 aromatic heterocycles. The summed E-state index contributed by atoms with van der Waals surface area (Å²) in [5.74, 6) is -0.702. The van der Waals surface area contributed by atoms with E-state index >= 15 is 0 Å². The van der Waals surface area contributed by atoms with Crippen molar-refractivity contribution in [1.29, 1.82) is 0 Å². The highest BCUT2D eigenvalue weighted by molar-refractivity contribution is 5.55. The van der Waals surface area contributed by atoms with Crippen LogP contribution in [0.15, 0.2) is 46.9 Å². The fourth-order valence-electron chi connectivity index (χ4n) is 2.39. The Morgan fingerprint density at radius 3 is 2.50 bits per heavy atom. The average molecular weight is 360 g/mol. The Morgan fingerprint density at radius 2 is 1.85 bits per heavy atom. The number of nitro benzene ring substituents is 1. The number of rotatable bonds is 6. The molecule has 0 atom stereocenters. The zero-order chi connectivity index (χ0) is 18.7. The summed E-state index contributed by atoms with van der Waals surface area (Å²) in [6, 6.07) is 9.16. The van der Waals surface area contributed by atoms with Crippen molar-refractivity contribution < 1.29 is 18.1 Å². The molecule has 0 aliphatic rings. The quantitative estimate of drug-likeness (QED) is 0.494. The monoisotopic (exact) mass is 360 g/mol. The van der Waals surface area contributed by atoms with Crippen molar-refractivity contribution in [3.63, 3.8) is 0 Å². The van der Waals surface area contributed by atoms with E-state index in [1.54, 1.807) is 11.9 Å². The van der Waals surface area contributed by atoms with Crippen molar-refractivity contribution in [1.82, 2.24) is 15.1 Å². The highest BCUT2D eigenvalue weighted by Crippen LogP contribution is 2.22. The van der Waals surface area contributed by atoms with Crippen LogP contribution in [-0.2, 0) is 13.1 Å². The molecule has 1 heterocycles. The van der Waals surface area contributed by atoms with E-state index in [1.807, 2.05) is 0 Å². The van der Waals surface area contributed by atoms with Gasteiger partial charge in [0, 0.05) is 35.9 Å². The van der Waals surface area contributed by atoms with Crippen LogP contribution in [0.1, 0.15) is 11.5 Å². The Kier molecular flexibility index (Phi) is 4.99.